The number of pyridine rings is 1. The van der Waals surface area contributed by atoms with Crippen molar-refractivity contribution in [3.8, 4) is 0 Å². The Bertz CT molecular complexity index is 939. The summed E-state index contributed by atoms with van der Waals surface area (Å²) in [6.45, 7) is 0.149. The number of carbonyl (C=O) groups excluding carboxylic acids is 1. The minimum absolute atomic E-state index is 0.126. The topological polar surface area (TPSA) is 87.7 Å². The van der Waals surface area contributed by atoms with Crippen molar-refractivity contribution in [3.63, 3.8) is 0 Å². The Kier molecular flexibility index (Phi) is 4.86. The summed E-state index contributed by atoms with van der Waals surface area (Å²) in [6, 6.07) is 10.7. The average Bonchev–Trinajstić information content (AvgIpc) is 2.58. The van der Waals surface area contributed by atoms with Gasteiger partial charge in [-0.15, -0.1) is 0 Å². The number of nitrogens with one attached hydrogen (secondary N) is 2. The van der Waals surface area contributed by atoms with Crippen molar-refractivity contribution in [3.05, 3.63) is 69.4 Å². The predicted octanol–water partition coefficient (Wildman–Crippen LogP) is 2.22. The van der Waals surface area contributed by atoms with Gasteiger partial charge in [-0.25, -0.2) is 9.97 Å². The van der Waals surface area contributed by atoms with Crippen LogP contribution in [-0.2, 0) is 17.8 Å². The zero-order valence-corrected chi connectivity index (χ0v) is 13.5. The van der Waals surface area contributed by atoms with Gasteiger partial charge in [-0.1, -0.05) is 23.7 Å². The van der Waals surface area contributed by atoms with Crippen LogP contribution in [0.15, 0.2) is 47.4 Å². The van der Waals surface area contributed by atoms with Crippen LogP contribution in [0.1, 0.15) is 17.8 Å². The third-order valence-corrected chi connectivity index (χ3v) is 3.75. The van der Waals surface area contributed by atoms with E-state index >= 15 is 0 Å². The molecule has 7 heteroatoms. The van der Waals surface area contributed by atoms with E-state index in [2.05, 4.69) is 20.3 Å². The summed E-state index contributed by atoms with van der Waals surface area (Å²) in [5.74, 6) is 0.251. The van der Waals surface area contributed by atoms with Gasteiger partial charge in [0.2, 0.25) is 5.91 Å². The lowest BCUT2D eigenvalue weighted by atomic mass is 10.1. The fraction of sp³-hybridized carbons (Fsp3) is 0.176. The van der Waals surface area contributed by atoms with E-state index in [4.69, 9.17) is 11.6 Å². The van der Waals surface area contributed by atoms with Gasteiger partial charge in [-0.05, 0) is 36.2 Å². The van der Waals surface area contributed by atoms with Crippen LogP contribution >= 0.6 is 11.6 Å². The molecule has 2 N–H and O–H groups in total. The van der Waals surface area contributed by atoms with Gasteiger partial charge in [0.1, 0.15) is 5.82 Å². The van der Waals surface area contributed by atoms with Crippen molar-refractivity contribution >= 4 is 28.5 Å². The summed E-state index contributed by atoms with van der Waals surface area (Å²) < 4.78 is 0. The van der Waals surface area contributed by atoms with Crippen molar-refractivity contribution in [1.29, 1.82) is 0 Å². The molecular formula is C17H15ClN4O2. The molecule has 2 aromatic heterocycles. The zero-order chi connectivity index (χ0) is 16.9. The molecule has 1 aromatic carbocycles. The number of hydrogen-bond donors (Lipinski definition) is 2. The van der Waals surface area contributed by atoms with Crippen molar-refractivity contribution in [2.45, 2.75) is 19.4 Å². The van der Waals surface area contributed by atoms with Gasteiger partial charge in [-0.2, -0.15) is 0 Å². The number of aromatic amines is 1. The predicted molar refractivity (Wildman–Crippen MR) is 91.8 cm³/mol. The van der Waals surface area contributed by atoms with Crippen LogP contribution < -0.4 is 10.9 Å². The zero-order valence-electron chi connectivity index (χ0n) is 12.8. The largest absolute Gasteiger partial charge is 0.349 e. The molecule has 0 aliphatic heterocycles. The molecule has 0 fully saturated rings. The van der Waals surface area contributed by atoms with Gasteiger partial charge in [0.15, 0.2) is 5.65 Å². The molecule has 0 atom stereocenters. The van der Waals surface area contributed by atoms with Crippen LogP contribution in [0.3, 0.4) is 0 Å². The van der Waals surface area contributed by atoms with E-state index in [0.717, 1.165) is 5.56 Å². The molecule has 0 saturated carbocycles. The highest BCUT2D eigenvalue weighted by atomic mass is 35.5. The van der Waals surface area contributed by atoms with Gasteiger partial charge in [0.25, 0.3) is 5.56 Å². The number of H-pyrrole nitrogens is 1. The highest BCUT2D eigenvalue weighted by molar-refractivity contribution is 6.30. The fourth-order valence-electron chi connectivity index (χ4n) is 2.32. The lowest BCUT2D eigenvalue weighted by Crippen LogP contribution is -2.26. The van der Waals surface area contributed by atoms with Gasteiger partial charge < -0.3 is 10.3 Å². The summed E-state index contributed by atoms with van der Waals surface area (Å²) in [6.07, 6.45) is 2.49. The number of carbonyl (C=O) groups is 1. The number of aryl methyl sites for hydroxylation is 1. The first-order valence-electron chi connectivity index (χ1n) is 7.47. The minimum atomic E-state index is -0.267. The summed E-state index contributed by atoms with van der Waals surface area (Å²) in [7, 11) is 0. The molecule has 0 saturated heterocycles. The number of aromatic nitrogens is 3. The number of benzene rings is 1. The number of rotatable bonds is 5. The van der Waals surface area contributed by atoms with Crippen LogP contribution in [0, 0.1) is 0 Å². The van der Waals surface area contributed by atoms with E-state index in [9.17, 15) is 9.59 Å². The highest BCUT2D eigenvalue weighted by Crippen LogP contribution is 2.12. The quantitative estimate of drug-likeness (QED) is 0.744. The highest BCUT2D eigenvalue weighted by Gasteiger charge is 2.07. The molecule has 3 rings (SSSR count). The number of nitrogens with zero attached hydrogens (tertiary/aromatic N) is 2. The number of amides is 1. The van der Waals surface area contributed by atoms with Crippen molar-refractivity contribution < 1.29 is 4.79 Å². The molecule has 0 radical (unpaired) electrons. The fourth-order valence-corrected chi connectivity index (χ4v) is 2.54. The standard InChI is InChI=1S/C17H15ClN4O2/c18-12-4-1-3-11(9-12)6-7-15(23)20-10-14-21-16-13(17(24)22-14)5-2-8-19-16/h1-5,8-9H,6-7,10H2,(H,20,23)(H,19,21,22,24). The number of fused-ring (bicyclic) bond motifs is 1. The molecule has 6 nitrogen and oxygen atoms in total. The average molecular weight is 343 g/mol. The SMILES string of the molecule is O=C(CCc1cccc(Cl)c1)NCc1nc2ncccc2c(=O)[nH]1. The molecule has 122 valence electrons. The molecule has 24 heavy (non-hydrogen) atoms. The molecule has 0 aliphatic rings. The first-order valence-corrected chi connectivity index (χ1v) is 7.85. The smallest absolute Gasteiger partial charge is 0.260 e. The Hall–Kier alpha value is -2.73. The maximum atomic E-state index is 11.9. The van der Waals surface area contributed by atoms with E-state index in [-0.39, 0.29) is 18.0 Å². The van der Waals surface area contributed by atoms with E-state index in [1.807, 2.05) is 18.2 Å². The third kappa shape index (κ3) is 3.97. The Morgan fingerprint density at radius 1 is 1.25 bits per heavy atom. The van der Waals surface area contributed by atoms with Gasteiger partial charge in [0.05, 0.1) is 11.9 Å². The van der Waals surface area contributed by atoms with Crippen molar-refractivity contribution in [2.24, 2.45) is 0 Å². The second kappa shape index (κ2) is 7.23. The normalized spacial score (nSPS) is 10.7. The molecule has 0 unspecified atom stereocenters. The monoisotopic (exact) mass is 342 g/mol. The van der Waals surface area contributed by atoms with E-state index in [0.29, 0.717) is 34.7 Å². The molecule has 2 heterocycles. The maximum absolute atomic E-state index is 11.9. The molecule has 1 amide bonds. The Morgan fingerprint density at radius 3 is 2.96 bits per heavy atom. The lowest BCUT2D eigenvalue weighted by molar-refractivity contribution is -0.121. The molecule has 0 aliphatic carbocycles. The van der Waals surface area contributed by atoms with Gasteiger partial charge >= 0.3 is 0 Å². The molecule has 0 bridgehead atoms. The summed E-state index contributed by atoms with van der Waals surface area (Å²) in [5.41, 5.74) is 1.10. The minimum Gasteiger partial charge on any atom is -0.349 e. The summed E-state index contributed by atoms with van der Waals surface area (Å²) in [5, 5.41) is 3.82. The third-order valence-electron chi connectivity index (χ3n) is 3.51. The number of halogens is 1. The second-order valence-corrected chi connectivity index (χ2v) is 5.73. The van der Waals surface area contributed by atoms with Crippen LogP contribution in [-0.4, -0.2) is 20.9 Å². The van der Waals surface area contributed by atoms with E-state index in [1.54, 1.807) is 24.4 Å². The summed E-state index contributed by atoms with van der Waals surface area (Å²) in [4.78, 5) is 34.8. The van der Waals surface area contributed by atoms with Gasteiger partial charge in [-0.3, -0.25) is 9.59 Å². The first kappa shape index (κ1) is 16.1. The lowest BCUT2D eigenvalue weighted by Gasteiger charge is -2.06. The van der Waals surface area contributed by atoms with E-state index < -0.39 is 0 Å². The van der Waals surface area contributed by atoms with Crippen LogP contribution in [0.25, 0.3) is 11.0 Å². The number of hydrogen-bond acceptors (Lipinski definition) is 4. The maximum Gasteiger partial charge on any atom is 0.260 e. The second-order valence-electron chi connectivity index (χ2n) is 5.29. The van der Waals surface area contributed by atoms with Crippen LogP contribution in [0.5, 0.6) is 0 Å². The Labute approximate surface area is 142 Å². The Morgan fingerprint density at radius 2 is 2.12 bits per heavy atom. The van der Waals surface area contributed by atoms with Crippen LogP contribution in [0.4, 0.5) is 0 Å². The van der Waals surface area contributed by atoms with Crippen molar-refractivity contribution in [2.75, 3.05) is 0 Å². The molecular weight excluding hydrogens is 328 g/mol. The molecule has 0 spiro atoms. The van der Waals surface area contributed by atoms with Gasteiger partial charge in [0, 0.05) is 17.6 Å². The van der Waals surface area contributed by atoms with E-state index in [1.165, 1.54) is 0 Å². The van der Waals surface area contributed by atoms with Crippen LogP contribution in [0.2, 0.25) is 5.02 Å². The summed E-state index contributed by atoms with van der Waals surface area (Å²) >= 11 is 5.92. The first-order chi connectivity index (χ1) is 11.6. The Balaban J connectivity index is 1.59. The van der Waals surface area contributed by atoms with Crippen molar-refractivity contribution in [1.82, 2.24) is 20.3 Å². The molecule has 3 aromatic rings.